The molecule has 1 heterocycles. The Labute approximate surface area is 141 Å². The van der Waals surface area contributed by atoms with Crippen molar-refractivity contribution in [1.29, 1.82) is 0 Å². The van der Waals surface area contributed by atoms with Crippen LogP contribution in [0.25, 0.3) is 0 Å². The molecule has 0 saturated heterocycles. The Morgan fingerprint density at radius 3 is 2.54 bits per heavy atom. The fourth-order valence-corrected chi connectivity index (χ4v) is 2.77. The molecule has 1 aliphatic rings. The second-order valence-electron chi connectivity index (χ2n) is 6.01. The van der Waals surface area contributed by atoms with Crippen LogP contribution in [-0.2, 0) is 0 Å². The highest BCUT2D eigenvalue weighted by molar-refractivity contribution is 5.98. The van der Waals surface area contributed by atoms with E-state index in [1.165, 1.54) is 0 Å². The molecule has 0 bridgehead atoms. The van der Waals surface area contributed by atoms with E-state index in [2.05, 4.69) is 19.2 Å². The van der Waals surface area contributed by atoms with Crippen molar-refractivity contribution < 1.29 is 19.0 Å². The molecule has 0 radical (unpaired) electrons. The summed E-state index contributed by atoms with van der Waals surface area (Å²) in [6.45, 7) is 4.29. The average molecular weight is 327 g/mol. The van der Waals surface area contributed by atoms with E-state index in [0.717, 1.165) is 11.3 Å². The molecule has 1 amide bonds. The van der Waals surface area contributed by atoms with Gasteiger partial charge in [0.1, 0.15) is 5.75 Å². The van der Waals surface area contributed by atoms with E-state index in [-0.39, 0.29) is 24.7 Å². The van der Waals surface area contributed by atoms with E-state index in [4.69, 9.17) is 14.2 Å². The van der Waals surface area contributed by atoms with Crippen LogP contribution in [0.4, 0.5) is 0 Å². The number of para-hydroxylation sites is 1. The lowest BCUT2D eigenvalue weighted by molar-refractivity contribution is 0.0921. The molecule has 1 aliphatic heterocycles. The lowest BCUT2D eigenvalue weighted by Crippen LogP contribution is -2.31. The fraction of sp³-hybridized carbons (Fsp3) is 0.316. The third kappa shape index (κ3) is 3.15. The van der Waals surface area contributed by atoms with Crippen molar-refractivity contribution in [2.45, 2.75) is 19.9 Å². The minimum Gasteiger partial charge on any atom is -0.497 e. The van der Waals surface area contributed by atoms with Crippen LogP contribution in [0.1, 0.15) is 35.8 Å². The molecular weight excluding hydrogens is 306 g/mol. The summed E-state index contributed by atoms with van der Waals surface area (Å²) >= 11 is 0. The number of nitrogens with one attached hydrogen (secondary N) is 1. The third-order valence-electron chi connectivity index (χ3n) is 4.07. The highest BCUT2D eigenvalue weighted by atomic mass is 16.7. The van der Waals surface area contributed by atoms with Crippen molar-refractivity contribution in [1.82, 2.24) is 5.32 Å². The third-order valence-corrected chi connectivity index (χ3v) is 4.07. The number of rotatable bonds is 5. The van der Waals surface area contributed by atoms with Gasteiger partial charge in [-0.3, -0.25) is 4.79 Å². The van der Waals surface area contributed by atoms with E-state index < -0.39 is 0 Å². The van der Waals surface area contributed by atoms with Crippen molar-refractivity contribution in [2.75, 3.05) is 13.9 Å². The predicted octanol–water partition coefficient (Wildman–Crippen LogP) is 3.55. The van der Waals surface area contributed by atoms with Crippen LogP contribution in [0.2, 0.25) is 0 Å². The summed E-state index contributed by atoms with van der Waals surface area (Å²) in [6, 6.07) is 13.0. The van der Waals surface area contributed by atoms with E-state index >= 15 is 0 Å². The second-order valence-corrected chi connectivity index (χ2v) is 6.01. The van der Waals surface area contributed by atoms with E-state index in [1.807, 2.05) is 24.3 Å². The van der Waals surface area contributed by atoms with Crippen LogP contribution in [0.5, 0.6) is 17.2 Å². The van der Waals surface area contributed by atoms with Gasteiger partial charge in [-0.15, -0.1) is 0 Å². The molecule has 2 aromatic rings. The number of benzene rings is 2. The smallest absolute Gasteiger partial charge is 0.255 e. The van der Waals surface area contributed by atoms with Gasteiger partial charge in [0.05, 0.1) is 18.7 Å². The van der Waals surface area contributed by atoms with Gasteiger partial charge in [-0.05, 0) is 35.7 Å². The normalized spacial score (nSPS) is 13.7. The number of carbonyl (C=O) groups excluding carboxylic acids is 1. The summed E-state index contributed by atoms with van der Waals surface area (Å²) in [5, 5.41) is 3.10. The molecule has 3 rings (SSSR count). The number of hydrogen-bond acceptors (Lipinski definition) is 4. The summed E-state index contributed by atoms with van der Waals surface area (Å²) in [7, 11) is 1.63. The molecule has 126 valence electrons. The first-order valence-electron chi connectivity index (χ1n) is 7.93. The minimum atomic E-state index is -0.174. The van der Waals surface area contributed by atoms with Crippen molar-refractivity contribution in [3.63, 3.8) is 0 Å². The van der Waals surface area contributed by atoms with Crippen LogP contribution in [0, 0.1) is 5.92 Å². The molecule has 0 saturated carbocycles. The molecular formula is C19H21NO4. The Morgan fingerprint density at radius 2 is 1.88 bits per heavy atom. The first-order chi connectivity index (χ1) is 11.6. The molecule has 1 atom stereocenters. The van der Waals surface area contributed by atoms with Gasteiger partial charge in [0.2, 0.25) is 6.79 Å². The summed E-state index contributed by atoms with van der Waals surface area (Å²) in [5.74, 6) is 1.96. The Balaban J connectivity index is 1.83. The number of ether oxygens (including phenoxy) is 3. The molecule has 1 unspecified atom stereocenters. The van der Waals surface area contributed by atoms with Gasteiger partial charge in [-0.1, -0.05) is 32.0 Å². The molecule has 0 aliphatic carbocycles. The maximum Gasteiger partial charge on any atom is 0.255 e. The highest BCUT2D eigenvalue weighted by Crippen LogP contribution is 2.35. The molecule has 5 nitrogen and oxygen atoms in total. The maximum absolute atomic E-state index is 12.7. The summed E-state index contributed by atoms with van der Waals surface area (Å²) in [5.41, 5.74) is 1.52. The Bertz CT molecular complexity index is 725. The van der Waals surface area contributed by atoms with Crippen molar-refractivity contribution in [3.8, 4) is 17.2 Å². The summed E-state index contributed by atoms with van der Waals surface area (Å²) < 4.78 is 16.0. The first kappa shape index (κ1) is 16.2. The van der Waals surface area contributed by atoms with Crippen LogP contribution in [0.15, 0.2) is 42.5 Å². The topological polar surface area (TPSA) is 56.8 Å². The standard InChI is InChI=1S/C19H21NO4/c1-12(2)17(13-7-9-14(22-3)10-8-13)20-19(21)15-5-4-6-16-18(15)24-11-23-16/h4-10,12,17H,11H2,1-3H3,(H,20,21). The molecule has 24 heavy (non-hydrogen) atoms. The SMILES string of the molecule is COc1ccc(C(NC(=O)c2cccc3c2OCO3)C(C)C)cc1. The predicted molar refractivity (Wildman–Crippen MR) is 90.6 cm³/mol. The van der Waals surface area contributed by atoms with Crippen LogP contribution >= 0.6 is 0 Å². The second kappa shape index (κ2) is 6.83. The highest BCUT2D eigenvalue weighted by Gasteiger charge is 2.25. The van der Waals surface area contributed by atoms with Gasteiger partial charge in [0, 0.05) is 0 Å². The van der Waals surface area contributed by atoms with Crippen LogP contribution in [-0.4, -0.2) is 19.8 Å². The van der Waals surface area contributed by atoms with Gasteiger partial charge in [0.25, 0.3) is 5.91 Å². The van der Waals surface area contributed by atoms with Gasteiger partial charge in [-0.2, -0.15) is 0 Å². The number of amides is 1. The van der Waals surface area contributed by atoms with Crippen LogP contribution in [0.3, 0.4) is 0 Å². The Morgan fingerprint density at radius 1 is 1.12 bits per heavy atom. The minimum absolute atomic E-state index is 0.110. The zero-order valence-corrected chi connectivity index (χ0v) is 14.0. The van der Waals surface area contributed by atoms with Crippen LogP contribution < -0.4 is 19.5 Å². The first-order valence-corrected chi connectivity index (χ1v) is 7.93. The van der Waals surface area contributed by atoms with E-state index in [9.17, 15) is 4.79 Å². The zero-order valence-electron chi connectivity index (χ0n) is 14.0. The lowest BCUT2D eigenvalue weighted by Gasteiger charge is -2.23. The molecule has 0 spiro atoms. The van der Waals surface area contributed by atoms with Gasteiger partial charge in [0.15, 0.2) is 11.5 Å². The molecule has 2 aromatic carbocycles. The van der Waals surface area contributed by atoms with Gasteiger partial charge >= 0.3 is 0 Å². The number of fused-ring (bicyclic) bond motifs is 1. The molecule has 0 fully saturated rings. The number of methoxy groups -OCH3 is 1. The summed E-state index contributed by atoms with van der Waals surface area (Å²) in [4.78, 5) is 12.7. The average Bonchev–Trinajstić information content (AvgIpc) is 3.08. The fourth-order valence-electron chi connectivity index (χ4n) is 2.77. The largest absolute Gasteiger partial charge is 0.497 e. The lowest BCUT2D eigenvalue weighted by atomic mass is 9.95. The van der Waals surface area contributed by atoms with Gasteiger partial charge < -0.3 is 19.5 Å². The van der Waals surface area contributed by atoms with E-state index in [0.29, 0.717) is 17.1 Å². The molecule has 1 N–H and O–H groups in total. The maximum atomic E-state index is 12.7. The van der Waals surface area contributed by atoms with Gasteiger partial charge in [-0.25, -0.2) is 0 Å². The number of hydrogen-bond donors (Lipinski definition) is 1. The Kier molecular flexibility index (Phi) is 4.60. The molecule has 0 aromatic heterocycles. The van der Waals surface area contributed by atoms with E-state index in [1.54, 1.807) is 25.3 Å². The monoisotopic (exact) mass is 327 g/mol. The molecule has 5 heteroatoms. The van der Waals surface area contributed by atoms with Crippen molar-refractivity contribution in [2.24, 2.45) is 5.92 Å². The quantitative estimate of drug-likeness (QED) is 0.912. The Hall–Kier alpha value is -2.69. The number of carbonyl (C=O) groups is 1. The van der Waals surface area contributed by atoms with Crippen molar-refractivity contribution in [3.05, 3.63) is 53.6 Å². The summed E-state index contributed by atoms with van der Waals surface area (Å²) in [6.07, 6.45) is 0. The van der Waals surface area contributed by atoms with Crippen molar-refractivity contribution >= 4 is 5.91 Å². The zero-order chi connectivity index (χ0) is 17.1.